The number of aromatic amines is 1. The third kappa shape index (κ3) is 2.86. The van der Waals surface area contributed by atoms with Gasteiger partial charge in [0.2, 0.25) is 0 Å². The second kappa shape index (κ2) is 5.69. The summed E-state index contributed by atoms with van der Waals surface area (Å²) < 4.78 is 0.748. The zero-order valence-electron chi connectivity index (χ0n) is 12.2. The first kappa shape index (κ1) is 15.0. The van der Waals surface area contributed by atoms with E-state index in [1.165, 1.54) is 24.3 Å². The SMILES string of the molecule is Cc1nc2[nH]c(=O)sc2c(C)c1N=Nc1ccc([N+](=O)[O-])cc1. The number of azo groups is 1. The van der Waals surface area contributed by atoms with Crippen LogP contribution in [0.4, 0.5) is 17.1 Å². The number of rotatable bonds is 3. The Morgan fingerprint density at radius 3 is 2.57 bits per heavy atom. The number of hydrogen-bond donors (Lipinski definition) is 1. The van der Waals surface area contributed by atoms with Crippen LogP contribution in [-0.2, 0) is 0 Å². The van der Waals surface area contributed by atoms with Crippen molar-refractivity contribution in [1.82, 2.24) is 9.97 Å². The first-order chi connectivity index (χ1) is 11.0. The molecule has 2 heterocycles. The van der Waals surface area contributed by atoms with Gasteiger partial charge in [0.25, 0.3) is 5.69 Å². The largest absolute Gasteiger partial charge is 0.306 e. The third-order valence-corrected chi connectivity index (χ3v) is 4.27. The standard InChI is InChI=1S/C14H11N5O3S/c1-7-11(8(2)15-13-12(7)23-14(20)16-13)18-17-9-3-5-10(6-4-9)19(21)22/h3-6H,1-2H3,(H,15,16,20). The normalized spacial score (nSPS) is 11.4. The molecule has 116 valence electrons. The fourth-order valence-corrected chi connectivity index (χ4v) is 2.92. The van der Waals surface area contributed by atoms with Gasteiger partial charge < -0.3 is 0 Å². The van der Waals surface area contributed by atoms with Gasteiger partial charge >= 0.3 is 4.87 Å². The molecule has 0 aliphatic heterocycles. The first-order valence-electron chi connectivity index (χ1n) is 6.62. The Hall–Kier alpha value is -2.94. The van der Waals surface area contributed by atoms with Crippen molar-refractivity contribution in [3.63, 3.8) is 0 Å². The van der Waals surface area contributed by atoms with Crippen LogP contribution in [0.3, 0.4) is 0 Å². The van der Waals surface area contributed by atoms with Gasteiger partial charge in [0.05, 0.1) is 21.0 Å². The average Bonchev–Trinajstić information content (AvgIpc) is 2.88. The van der Waals surface area contributed by atoms with Gasteiger partial charge in [0, 0.05) is 12.1 Å². The first-order valence-corrected chi connectivity index (χ1v) is 7.43. The molecule has 1 N–H and O–H groups in total. The number of nitro groups is 1. The number of non-ortho nitro benzene ring substituents is 1. The van der Waals surface area contributed by atoms with Crippen LogP contribution in [0.15, 0.2) is 39.3 Å². The maximum Gasteiger partial charge on any atom is 0.306 e. The number of aryl methyl sites for hydroxylation is 2. The summed E-state index contributed by atoms with van der Waals surface area (Å²) in [5.41, 5.74) is 3.10. The van der Waals surface area contributed by atoms with E-state index in [4.69, 9.17) is 0 Å². The number of hydrogen-bond acceptors (Lipinski definition) is 7. The molecule has 0 atom stereocenters. The van der Waals surface area contributed by atoms with Crippen LogP contribution < -0.4 is 4.87 Å². The van der Waals surface area contributed by atoms with E-state index in [1.54, 1.807) is 6.92 Å². The van der Waals surface area contributed by atoms with Gasteiger partial charge in [-0.15, -0.1) is 5.11 Å². The van der Waals surface area contributed by atoms with Gasteiger partial charge in [-0.3, -0.25) is 19.9 Å². The molecule has 0 saturated heterocycles. The van der Waals surface area contributed by atoms with Crippen molar-refractivity contribution in [2.45, 2.75) is 13.8 Å². The molecule has 23 heavy (non-hydrogen) atoms. The van der Waals surface area contributed by atoms with Crippen LogP contribution in [-0.4, -0.2) is 14.9 Å². The monoisotopic (exact) mass is 329 g/mol. The lowest BCUT2D eigenvalue weighted by molar-refractivity contribution is -0.384. The van der Waals surface area contributed by atoms with Gasteiger partial charge in [0.15, 0.2) is 5.65 Å². The molecule has 2 aromatic heterocycles. The molecule has 0 amide bonds. The Morgan fingerprint density at radius 1 is 1.22 bits per heavy atom. The fourth-order valence-electron chi connectivity index (χ4n) is 2.15. The predicted octanol–water partition coefficient (Wildman–Crippen LogP) is 3.93. The summed E-state index contributed by atoms with van der Waals surface area (Å²) >= 11 is 1.08. The average molecular weight is 329 g/mol. The molecular formula is C14H11N5O3S. The molecule has 3 rings (SSSR count). The maximum absolute atomic E-state index is 11.4. The number of nitrogens with zero attached hydrogens (tertiary/aromatic N) is 4. The minimum Gasteiger partial charge on any atom is -0.297 e. The van der Waals surface area contributed by atoms with E-state index in [2.05, 4.69) is 20.2 Å². The zero-order chi connectivity index (χ0) is 16.6. The van der Waals surface area contributed by atoms with Crippen molar-refractivity contribution in [3.8, 4) is 0 Å². The molecule has 1 aromatic carbocycles. The Labute approximate surface area is 133 Å². The van der Waals surface area contributed by atoms with E-state index in [1.807, 2.05) is 6.92 Å². The Kier molecular flexibility index (Phi) is 3.70. The molecule has 3 aromatic rings. The van der Waals surface area contributed by atoms with Gasteiger partial charge in [-0.1, -0.05) is 11.3 Å². The summed E-state index contributed by atoms with van der Waals surface area (Å²) in [6.07, 6.45) is 0. The van der Waals surface area contributed by atoms with Crippen LogP contribution >= 0.6 is 11.3 Å². The highest BCUT2D eigenvalue weighted by Gasteiger charge is 2.12. The summed E-state index contributed by atoms with van der Waals surface area (Å²) in [6.45, 7) is 3.64. The molecule has 0 radical (unpaired) electrons. The van der Waals surface area contributed by atoms with Crippen molar-refractivity contribution in [3.05, 3.63) is 55.3 Å². The predicted molar refractivity (Wildman–Crippen MR) is 87.0 cm³/mol. The van der Waals surface area contributed by atoms with E-state index in [9.17, 15) is 14.9 Å². The quantitative estimate of drug-likeness (QED) is 0.445. The van der Waals surface area contributed by atoms with Crippen LogP contribution in [0, 0.1) is 24.0 Å². The lowest BCUT2D eigenvalue weighted by Crippen LogP contribution is -1.92. The summed E-state index contributed by atoms with van der Waals surface area (Å²) in [7, 11) is 0. The molecule has 0 fully saturated rings. The van der Waals surface area contributed by atoms with Gasteiger partial charge in [-0.05, 0) is 31.5 Å². The highest BCUT2D eigenvalue weighted by Crippen LogP contribution is 2.31. The summed E-state index contributed by atoms with van der Waals surface area (Å²) in [4.78, 5) is 28.4. The van der Waals surface area contributed by atoms with Crippen LogP contribution in [0.25, 0.3) is 10.3 Å². The van der Waals surface area contributed by atoms with E-state index in [0.717, 1.165) is 21.6 Å². The molecule has 0 saturated carbocycles. The summed E-state index contributed by atoms with van der Waals surface area (Å²) in [5.74, 6) is 0. The molecule has 0 spiro atoms. The molecule has 9 heteroatoms. The highest BCUT2D eigenvalue weighted by atomic mass is 32.1. The molecule has 0 aliphatic rings. The number of thiazole rings is 1. The van der Waals surface area contributed by atoms with E-state index >= 15 is 0 Å². The lowest BCUT2D eigenvalue weighted by Gasteiger charge is -2.03. The van der Waals surface area contributed by atoms with Gasteiger partial charge in [0.1, 0.15) is 5.69 Å². The number of fused-ring (bicyclic) bond motifs is 1. The van der Waals surface area contributed by atoms with Crippen molar-refractivity contribution in [2.75, 3.05) is 0 Å². The molecular weight excluding hydrogens is 318 g/mol. The zero-order valence-corrected chi connectivity index (χ0v) is 13.0. The van der Waals surface area contributed by atoms with Crippen molar-refractivity contribution in [2.24, 2.45) is 10.2 Å². The minimum absolute atomic E-state index is 0.00325. The van der Waals surface area contributed by atoms with Crippen molar-refractivity contribution >= 4 is 38.7 Å². The number of pyridine rings is 1. The molecule has 8 nitrogen and oxygen atoms in total. The number of aromatic nitrogens is 2. The van der Waals surface area contributed by atoms with Crippen molar-refractivity contribution in [1.29, 1.82) is 0 Å². The number of benzene rings is 1. The van der Waals surface area contributed by atoms with Crippen molar-refractivity contribution < 1.29 is 4.92 Å². The second-order valence-corrected chi connectivity index (χ2v) is 5.82. The minimum atomic E-state index is -0.471. The Balaban J connectivity index is 2.00. The highest BCUT2D eigenvalue weighted by molar-refractivity contribution is 7.16. The maximum atomic E-state index is 11.4. The van der Waals surface area contributed by atoms with E-state index < -0.39 is 4.92 Å². The number of H-pyrrole nitrogens is 1. The smallest absolute Gasteiger partial charge is 0.297 e. The summed E-state index contributed by atoms with van der Waals surface area (Å²) in [5, 5.41) is 18.9. The molecule has 0 bridgehead atoms. The van der Waals surface area contributed by atoms with E-state index in [0.29, 0.717) is 22.7 Å². The Bertz CT molecular complexity index is 988. The van der Waals surface area contributed by atoms with Crippen LogP contribution in [0.1, 0.15) is 11.3 Å². The summed E-state index contributed by atoms with van der Waals surface area (Å²) in [6, 6.07) is 5.78. The van der Waals surface area contributed by atoms with Gasteiger partial charge in [-0.2, -0.15) is 5.11 Å². The number of nitrogens with one attached hydrogen (secondary N) is 1. The topological polar surface area (TPSA) is 114 Å². The van der Waals surface area contributed by atoms with Gasteiger partial charge in [-0.25, -0.2) is 4.98 Å². The Morgan fingerprint density at radius 2 is 1.91 bits per heavy atom. The molecule has 0 aliphatic carbocycles. The number of nitro benzene ring substituents is 1. The van der Waals surface area contributed by atoms with E-state index in [-0.39, 0.29) is 10.6 Å². The lowest BCUT2D eigenvalue weighted by atomic mass is 10.2. The molecule has 0 unspecified atom stereocenters. The second-order valence-electron chi connectivity index (χ2n) is 4.84. The van der Waals surface area contributed by atoms with Crippen LogP contribution in [0.5, 0.6) is 0 Å². The third-order valence-electron chi connectivity index (χ3n) is 3.27. The fraction of sp³-hybridized carbons (Fsp3) is 0.143. The van der Waals surface area contributed by atoms with Crippen LogP contribution in [0.2, 0.25) is 0 Å².